The Balaban J connectivity index is 1.26. The maximum Gasteiger partial charge on any atom is 0.237 e. The van der Waals surface area contributed by atoms with Gasteiger partial charge in [0.15, 0.2) is 0 Å². The Morgan fingerprint density at radius 1 is 0.971 bits per heavy atom. The Bertz CT molecular complexity index is 1150. The van der Waals surface area contributed by atoms with E-state index in [1.807, 2.05) is 43.3 Å². The van der Waals surface area contributed by atoms with E-state index in [0.29, 0.717) is 6.54 Å². The molecule has 2 aliphatic heterocycles. The van der Waals surface area contributed by atoms with Crippen LogP contribution in [0.5, 0.6) is 0 Å². The third-order valence-corrected chi connectivity index (χ3v) is 7.35. The normalized spacial score (nSPS) is 17.9. The summed E-state index contributed by atoms with van der Waals surface area (Å²) in [6, 6.07) is 16.0. The molecule has 1 amide bonds. The molecule has 9 heteroatoms. The summed E-state index contributed by atoms with van der Waals surface area (Å²) in [6.45, 7) is 9.10. The van der Waals surface area contributed by atoms with E-state index >= 15 is 0 Å². The number of thioether (sulfide) groups is 1. The van der Waals surface area contributed by atoms with Crippen LogP contribution in [0.15, 0.2) is 53.6 Å². The monoisotopic (exact) mass is 493 g/mol. The van der Waals surface area contributed by atoms with Gasteiger partial charge in [-0.3, -0.25) is 9.69 Å². The minimum Gasteiger partial charge on any atom is -0.379 e. The van der Waals surface area contributed by atoms with Crippen molar-refractivity contribution < 1.29 is 14.3 Å². The first-order valence-electron chi connectivity index (χ1n) is 12.1. The molecule has 0 aliphatic carbocycles. The van der Waals surface area contributed by atoms with E-state index in [4.69, 9.17) is 19.4 Å². The fourth-order valence-electron chi connectivity index (χ4n) is 4.26. The molecule has 0 saturated carbocycles. The van der Waals surface area contributed by atoms with Crippen LogP contribution in [0.2, 0.25) is 0 Å². The maximum atomic E-state index is 13.0. The van der Waals surface area contributed by atoms with Gasteiger partial charge in [-0.2, -0.15) is 0 Å². The number of hydrogen-bond acceptors (Lipinski definition) is 8. The average Bonchev–Trinajstić information content (AvgIpc) is 2.90. The molecule has 8 nitrogen and oxygen atoms in total. The van der Waals surface area contributed by atoms with Crippen molar-refractivity contribution in [1.82, 2.24) is 14.9 Å². The van der Waals surface area contributed by atoms with E-state index in [2.05, 4.69) is 27.2 Å². The Kier molecular flexibility index (Phi) is 7.78. The number of benzene rings is 2. The second kappa shape index (κ2) is 11.3. The van der Waals surface area contributed by atoms with Gasteiger partial charge in [0.1, 0.15) is 10.9 Å². The highest BCUT2D eigenvalue weighted by molar-refractivity contribution is 8.00. The summed E-state index contributed by atoms with van der Waals surface area (Å²) in [5.41, 5.74) is 2.84. The van der Waals surface area contributed by atoms with Gasteiger partial charge in [-0.25, -0.2) is 9.97 Å². The van der Waals surface area contributed by atoms with E-state index in [0.717, 1.165) is 85.7 Å². The number of anilines is 2. The number of nitrogens with zero attached hydrogens (tertiary/aromatic N) is 4. The van der Waals surface area contributed by atoms with Crippen LogP contribution in [0.1, 0.15) is 12.7 Å². The summed E-state index contributed by atoms with van der Waals surface area (Å²) in [4.78, 5) is 27.3. The van der Waals surface area contributed by atoms with Crippen molar-refractivity contribution in [2.45, 2.75) is 23.7 Å². The topological polar surface area (TPSA) is 79.8 Å². The number of fused-ring (bicyclic) bond motifs is 1. The first-order chi connectivity index (χ1) is 17.2. The predicted octanol–water partition coefficient (Wildman–Crippen LogP) is 3.42. The van der Waals surface area contributed by atoms with Crippen molar-refractivity contribution in [3.63, 3.8) is 0 Å². The van der Waals surface area contributed by atoms with Crippen molar-refractivity contribution >= 4 is 39.9 Å². The number of para-hydroxylation sites is 1. The standard InChI is InChI=1S/C26H31N5O3S/c1-19(25(32)27-20-6-8-21(9-7-20)31-12-16-34-17-13-31)35-26-22-4-2-3-5-23(22)28-24(29-26)18-30-10-14-33-15-11-30/h2-9,19H,10-18H2,1H3,(H,27,32). The van der Waals surface area contributed by atoms with Crippen LogP contribution in [0.4, 0.5) is 11.4 Å². The molecule has 3 aromatic rings. The van der Waals surface area contributed by atoms with Gasteiger partial charge in [0.2, 0.25) is 5.91 Å². The van der Waals surface area contributed by atoms with Crippen LogP contribution < -0.4 is 10.2 Å². The zero-order valence-electron chi connectivity index (χ0n) is 20.0. The maximum absolute atomic E-state index is 13.0. The van der Waals surface area contributed by atoms with Crippen LogP contribution in [0, 0.1) is 0 Å². The summed E-state index contributed by atoms with van der Waals surface area (Å²) in [5, 5.41) is 4.54. The van der Waals surface area contributed by atoms with Gasteiger partial charge in [-0.05, 0) is 37.3 Å². The molecule has 3 heterocycles. The zero-order chi connectivity index (χ0) is 24.0. The number of morpholine rings is 2. The largest absolute Gasteiger partial charge is 0.379 e. The average molecular weight is 494 g/mol. The third kappa shape index (κ3) is 6.10. The molecule has 0 bridgehead atoms. The Morgan fingerprint density at radius 3 is 2.40 bits per heavy atom. The summed E-state index contributed by atoms with van der Waals surface area (Å²) in [7, 11) is 0. The molecular weight excluding hydrogens is 462 g/mol. The number of ether oxygens (including phenoxy) is 2. The van der Waals surface area contributed by atoms with Crippen molar-refractivity contribution in [1.29, 1.82) is 0 Å². The second-order valence-electron chi connectivity index (χ2n) is 8.75. The first kappa shape index (κ1) is 24.0. The molecular formula is C26H31N5O3S. The molecule has 184 valence electrons. The minimum absolute atomic E-state index is 0.0495. The smallest absolute Gasteiger partial charge is 0.237 e. The molecule has 1 atom stereocenters. The number of aromatic nitrogens is 2. The molecule has 5 rings (SSSR count). The molecule has 1 unspecified atom stereocenters. The lowest BCUT2D eigenvalue weighted by atomic mass is 10.2. The van der Waals surface area contributed by atoms with Gasteiger partial charge in [0, 0.05) is 42.9 Å². The molecule has 35 heavy (non-hydrogen) atoms. The van der Waals surface area contributed by atoms with Gasteiger partial charge in [0.25, 0.3) is 0 Å². The van der Waals surface area contributed by atoms with Gasteiger partial charge in [-0.1, -0.05) is 30.0 Å². The number of hydrogen-bond donors (Lipinski definition) is 1. The summed E-state index contributed by atoms with van der Waals surface area (Å²) in [6.07, 6.45) is 0. The molecule has 0 radical (unpaired) electrons. The second-order valence-corrected chi connectivity index (χ2v) is 10.1. The SMILES string of the molecule is CC(Sc1nc(CN2CCOCC2)nc2ccccc12)C(=O)Nc1ccc(N2CCOCC2)cc1. The quantitative estimate of drug-likeness (QED) is 0.396. The number of carbonyl (C=O) groups excluding carboxylic acids is 1. The van der Waals surface area contributed by atoms with Crippen LogP contribution in [0.3, 0.4) is 0 Å². The van der Waals surface area contributed by atoms with Gasteiger partial charge >= 0.3 is 0 Å². The lowest BCUT2D eigenvalue weighted by Crippen LogP contribution is -2.36. The van der Waals surface area contributed by atoms with Gasteiger partial charge in [0.05, 0.1) is 43.7 Å². The lowest BCUT2D eigenvalue weighted by Gasteiger charge is -2.29. The number of rotatable bonds is 7. The van der Waals surface area contributed by atoms with Crippen LogP contribution in [-0.2, 0) is 20.8 Å². The number of amides is 1. The van der Waals surface area contributed by atoms with Crippen LogP contribution >= 0.6 is 11.8 Å². The first-order valence-corrected chi connectivity index (χ1v) is 13.0. The molecule has 2 aromatic carbocycles. The van der Waals surface area contributed by atoms with E-state index in [1.165, 1.54) is 11.8 Å². The zero-order valence-corrected chi connectivity index (χ0v) is 20.8. The fraction of sp³-hybridized carbons (Fsp3) is 0.423. The van der Waals surface area contributed by atoms with Crippen molar-refractivity contribution in [3.8, 4) is 0 Å². The Labute approximate surface area is 210 Å². The summed E-state index contributed by atoms with van der Waals surface area (Å²) < 4.78 is 10.9. The molecule has 2 aliphatic rings. The molecule has 1 N–H and O–H groups in total. The fourth-order valence-corrected chi connectivity index (χ4v) is 5.21. The third-order valence-electron chi connectivity index (χ3n) is 6.25. The van der Waals surface area contributed by atoms with Crippen LogP contribution in [0.25, 0.3) is 10.9 Å². The van der Waals surface area contributed by atoms with Crippen LogP contribution in [-0.4, -0.2) is 78.6 Å². The van der Waals surface area contributed by atoms with E-state index < -0.39 is 0 Å². The lowest BCUT2D eigenvalue weighted by molar-refractivity contribution is -0.115. The molecule has 0 spiro atoms. The van der Waals surface area contributed by atoms with E-state index in [9.17, 15) is 4.79 Å². The Morgan fingerprint density at radius 2 is 1.66 bits per heavy atom. The highest BCUT2D eigenvalue weighted by Crippen LogP contribution is 2.30. The molecule has 2 saturated heterocycles. The van der Waals surface area contributed by atoms with Crippen molar-refractivity contribution in [3.05, 3.63) is 54.4 Å². The number of carbonyl (C=O) groups is 1. The highest BCUT2D eigenvalue weighted by Gasteiger charge is 2.20. The highest BCUT2D eigenvalue weighted by atomic mass is 32.2. The number of nitrogens with one attached hydrogen (secondary N) is 1. The van der Waals surface area contributed by atoms with Crippen molar-refractivity contribution in [2.75, 3.05) is 62.8 Å². The van der Waals surface area contributed by atoms with E-state index in [-0.39, 0.29) is 11.2 Å². The Hall–Kier alpha value is -2.72. The van der Waals surface area contributed by atoms with Gasteiger partial charge < -0.3 is 19.7 Å². The van der Waals surface area contributed by atoms with Crippen molar-refractivity contribution in [2.24, 2.45) is 0 Å². The summed E-state index contributed by atoms with van der Waals surface area (Å²) >= 11 is 1.47. The molecule has 1 aromatic heterocycles. The molecule has 2 fully saturated rings. The van der Waals surface area contributed by atoms with E-state index in [1.54, 1.807) is 0 Å². The predicted molar refractivity (Wildman–Crippen MR) is 139 cm³/mol. The van der Waals surface area contributed by atoms with Gasteiger partial charge in [-0.15, -0.1) is 0 Å². The summed E-state index contributed by atoms with van der Waals surface area (Å²) in [5.74, 6) is 0.728. The minimum atomic E-state index is -0.316.